The first-order valence-electron chi connectivity index (χ1n) is 9.53. The highest BCUT2D eigenvalue weighted by Crippen LogP contribution is 2.52. The molecular formula is C19H40O3Si2. The fourth-order valence-corrected chi connectivity index (χ4v) is 5.81. The average Bonchev–Trinajstić information content (AvgIpc) is 2.97. The molecule has 1 aliphatic heterocycles. The van der Waals surface area contributed by atoms with E-state index in [1.165, 1.54) is 0 Å². The number of rotatable bonds is 4. The molecule has 0 bridgehead atoms. The number of epoxide rings is 1. The Hall–Kier alpha value is 0.314. The first-order chi connectivity index (χ1) is 10.5. The van der Waals surface area contributed by atoms with Crippen LogP contribution in [-0.2, 0) is 13.6 Å². The molecule has 0 spiro atoms. The van der Waals surface area contributed by atoms with Gasteiger partial charge in [0.05, 0.1) is 18.3 Å². The van der Waals surface area contributed by atoms with Gasteiger partial charge in [-0.2, -0.15) is 0 Å². The molecule has 1 heterocycles. The number of fused-ring (bicyclic) bond motifs is 1. The Bertz CT molecular complexity index is 476. The Balaban J connectivity index is 2.11. The molecule has 3 nitrogen and oxygen atoms in total. The summed E-state index contributed by atoms with van der Waals surface area (Å²) in [6.45, 7) is 25.4. The molecule has 2 fully saturated rings. The summed E-state index contributed by atoms with van der Waals surface area (Å²) >= 11 is 0. The maximum absolute atomic E-state index is 6.78. The summed E-state index contributed by atoms with van der Waals surface area (Å²) in [6, 6.07) is 0. The first kappa shape index (κ1) is 20.6. The van der Waals surface area contributed by atoms with Crippen LogP contribution < -0.4 is 0 Å². The summed E-state index contributed by atoms with van der Waals surface area (Å²) in [5.41, 5.74) is -0.0805. The van der Waals surface area contributed by atoms with E-state index in [1.54, 1.807) is 0 Å². The van der Waals surface area contributed by atoms with Crippen molar-refractivity contribution >= 4 is 16.6 Å². The molecule has 0 radical (unpaired) electrons. The number of hydrogen-bond acceptors (Lipinski definition) is 3. The zero-order valence-electron chi connectivity index (χ0n) is 17.9. The molecule has 0 N–H and O–H groups in total. The van der Waals surface area contributed by atoms with E-state index in [0.717, 1.165) is 12.8 Å². The van der Waals surface area contributed by atoms with Gasteiger partial charge in [-0.3, -0.25) is 0 Å². The molecule has 2 rings (SSSR count). The van der Waals surface area contributed by atoms with Crippen LogP contribution in [0.15, 0.2) is 0 Å². The Morgan fingerprint density at radius 3 is 1.75 bits per heavy atom. The minimum atomic E-state index is -1.80. The largest absolute Gasteiger partial charge is 0.414 e. The Morgan fingerprint density at radius 2 is 1.29 bits per heavy atom. The van der Waals surface area contributed by atoms with E-state index in [9.17, 15) is 0 Å². The Labute approximate surface area is 152 Å². The molecule has 0 aromatic rings. The molecule has 1 aliphatic carbocycles. The smallest absolute Gasteiger partial charge is 0.192 e. The topological polar surface area (TPSA) is 31.0 Å². The third kappa shape index (κ3) is 3.85. The van der Waals surface area contributed by atoms with Gasteiger partial charge in [0.25, 0.3) is 0 Å². The van der Waals surface area contributed by atoms with Crippen LogP contribution in [0.4, 0.5) is 0 Å². The van der Waals surface area contributed by atoms with Gasteiger partial charge in [-0.05, 0) is 43.2 Å². The van der Waals surface area contributed by atoms with Gasteiger partial charge in [-0.1, -0.05) is 41.5 Å². The fourth-order valence-electron chi connectivity index (χ4n) is 3.03. The van der Waals surface area contributed by atoms with Gasteiger partial charge in [0.15, 0.2) is 16.6 Å². The van der Waals surface area contributed by atoms with Crippen LogP contribution >= 0.6 is 0 Å². The van der Waals surface area contributed by atoms with Crippen LogP contribution in [0.5, 0.6) is 0 Å². The van der Waals surface area contributed by atoms with Crippen LogP contribution in [0.25, 0.3) is 0 Å². The Kier molecular flexibility index (Phi) is 5.08. The predicted octanol–water partition coefficient (Wildman–Crippen LogP) is 5.72. The summed E-state index contributed by atoms with van der Waals surface area (Å²) in [7, 11) is -3.56. The average molecular weight is 373 g/mol. The second-order valence-corrected chi connectivity index (χ2v) is 20.6. The molecule has 0 aromatic heterocycles. The van der Waals surface area contributed by atoms with E-state index in [2.05, 4.69) is 74.7 Å². The van der Waals surface area contributed by atoms with Crippen molar-refractivity contribution in [3.05, 3.63) is 0 Å². The monoisotopic (exact) mass is 372 g/mol. The van der Waals surface area contributed by atoms with Gasteiger partial charge in [-0.25, -0.2) is 0 Å². The highest BCUT2D eigenvalue weighted by molar-refractivity contribution is 6.74. The van der Waals surface area contributed by atoms with Crippen molar-refractivity contribution in [1.29, 1.82) is 0 Å². The summed E-state index contributed by atoms with van der Waals surface area (Å²) in [4.78, 5) is 0. The maximum atomic E-state index is 6.78. The minimum Gasteiger partial charge on any atom is -0.414 e. The van der Waals surface area contributed by atoms with Crippen LogP contribution in [0.2, 0.25) is 36.3 Å². The van der Waals surface area contributed by atoms with E-state index < -0.39 is 16.6 Å². The van der Waals surface area contributed by atoms with Gasteiger partial charge >= 0.3 is 0 Å². The molecule has 0 aromatic carbocycles. The normalized spacial score (nSPS) is 34.9. The quantitative estimate of drug-likeness (QED) is 0.467. The molecular weight excluding hydrogens is 332 g/mol. The van der Waals surface area contributed by atoms with Crippen molar-refractivity contribution in [2.24, 2.45) is 0 Å². The van der Waals surface area contributed by atoms with Crippen molar-refractivity contribution in [3.8, 4) is 0 Å². The van der Waals surface area contributed by atoms with E-state index in [0.29, 0.717) is 6.10 Å². The Morgan fingerprint density at radius 1 is 0.833 bits per heavy atom. The van der Waals surface area contributed by atoms with Crippen molar-refractivity contribution in [2.75, 3.05) is 0 Å². The third-order valence-electron chi connectivity index (χ3n) is 7.08. The molecule has 24 heavy (non-hydrogen) atoms. The predicted molar refractivity (Wildman–Crippen MR) is 107 cm³/mol. The van der Waals surface area contributed by atoms with E-state index in [1.807, 2.05) is 0 Å². The lowest BCUT2D eigenvalue weighted by atomic mass is 9.86. The minimum absolute atomic E-state index is 0.0805. The standard InChI is InChI=1S/C19H40O3Si2/c1-17(2,3)23(8,9)21-14-12-15-19(7,20-15)16(13-14)22-24(10,11)18(4,5)6/h14-16H,12-13H2,1-11H3/t14-,15-,16+,19-/m1/s1. The molecule has 5 heteroatoms. The van der Waals surface area contributed by atoms with Gasteiger partial charge in [0.1, 0.15) is 5.60 Å². The molecule has 1 saturated carbocycles. The van der Waals surface area contributed by atoms with Crippen molar-refractivity contribution in [3.63, 3.8) is 0 Å². The lowest BCUT2D eigenvalue weighted by Crippen LogP contribution is -2.53. The van der Waals surface area contributed by atoms with Crippen molar-refractivity contribution in [2.45, 2.75) is 121 Å². The summed E-state index contributed by atoms with van der Waals surface area (Å²) in [5, 5.41) is 0.467. The van der Waals surface area contributed by atoms with E-state index in [4.69, 9.17) is 13.6 Å². The summed E-state index contributed by atoms with van der Waals surface area (Å²) < 4.78 is 19.6. The van der Waals surface area contributed by atoms with Gasteiger partial charge in [-0.15, -0.1) is 0 Å². The molecule has 4 atom stereocenters. The molecule has 0 unspecified atom stereocenters. The maximum Gasteiger partial charge on any atom is 0.192 e. The molecule has 0 amide bonds. The zero-order valence-corrected chi connectivity index (χ0v) is 19.9. The highest BCUT2D eigenvalue weighted by Gasteiger charge is 2.63. The lowest BCUT2D eigenvalue weighted by molar-refractivity contribution is 0.0354. The van der Waals surface area contributed by atoms with Crippen LogP contribution in [0.3, 0.4) is 0 Å². The summed E-state index contributed by atoms with van der Waals surface area (Å²) in [6.07, 6.45) is 2.77. The number of ether oxygens (including phenoxy) is 1. The molecule has 1 saturated heterocycles. The summed E-state index contributed by atoms with van der Waals surface area (Å²) in [5.74, 6) is 0. The van der Waals surface area contributed by atoms with Crippen LogP contribution in [-0.4, -0.2) is 40.5 Å². The van der Waals surface area contributed by atoms with Crippen molar-refractivity contribution < 1.29 is 13.6 Å². The first-order valence-corrected chi connectivity index (χ1v) is 15.3. The highest BCUT2D eigenvalue weighted by atomic mass is 28.4. The van der Waals surface area contributed by atoms with E-state index >= 15 is 0 Å². The van der Waals surface area contributed by atoms with Gasteiger partial charge in [0, 0.05) is 12.8 Å². The van der Waals surface area contributed by atoms with Crippen LogP contribution in [0, 0.1) is 0 Å². The second kappa shape index (κ2) is 5.91. The van der Waals surface area contributed by atoms with Crippen LogP contribution in [0.1, 0.15) is 61.3 Å². The van der Waals surface area contributed by atoms with E-state index in [-0.39, 0.29) is 27.9 Å². The molecule has 2 aliphatic rings. The van der Waals surface area contributed by atoms with Gasteiger partial charge in [0.2, 0.25) is 0 Å². The van der Waals surface area contributed by atoms with Gasteiger partial charge < -0.3 is 13.6 Å². The van der Waals surface area contributed by atoms with Crippen molar-refractivity contribution in [1.82, 2.24) is 0 Å². The zero-order chi connectivity index (χ0) is 18.8. The molecule has 142 valence electrons. The third-order valence-corrected chi connectivity index (χ3v) is 16.1. The number of hydrogen-bond donors (Lipinski definition) is 0. The lowest BCUT2D eigenvalue weighted by Gasteiger charge is -2.45. The second-order valence-electron chi connectivity index (χ2n) is 11.1. The SMILES string of the molecule is CC(C)(C)[Si](C)(C)O[C@H]1C[C@H](O[Si](C)(C)C(C)(C)C)[C@]2(C)O[C@@H]2C1. The fraction of sp³-hybridized carbons (Fsp3) is 1.00.